The molecule has 0 fully saturated rings. The van der Waals surface area contributed by atoms with Gasteiger partial charge in [0.25, 0.3) is 5.69 Å². The van der Waals surface area contributed by atoms with Crippen molar-refractivity contribution in [2.75, 3.05) is 0 Å². The van der Waals surface area contributed by atoms with Crippen LogP contribution >= 0.6 is 11.6 Å². The Morgan fingerprint density at radius 3 is 2.59 bits per heavy atom. The summed E-state index contributed by atoms with van der Waals surface area (Å²) in [6.07, 6.45) is 1.44. The van der Waals surface area contributed by atoms with Gasteiger partial charge in [0, 0.05) is 12.1 Å². The predicted octanol–water partition coefficient (Wildman–Crippen LogP) is 4.81. The van der Waals surface area contributed by atoms with Gasteiger partial charge in [-0.3, -0.25) is 10.1 Å². The summed E-state index contributed by atoms with van der Waals surface area (Å²) in [7, 11) is 0. The first-order valence-electron chi connectivity index (χ1n) is 9.25. The highest BCUT2D eigenvalue weighted by Gasteiger charge is 2.27. The minimum Gasteiger partial charge on any atom is -0.423 e. The molecule has 0 amide bonds. The Balaban J connectivity index is 1.59. The van der Waals surface area contributed by atoms with Crippen LogP contribution in [0.5, 0.6) is 5.75 Å². The number of rotatable bonds is 5. The monoisotopic (exact) mass is 448 g/mol. The second-order valence-corrected chi connectivity index (χ2v) is 6.99. The molecule has 1 aliphatic rings. The van der Waals surface area contributed by atoms with Crippen LogP contribution in [0, 0.1) is 10.1 Å². The molecule has 0 aliphatic carbocycles. The van der Waals surface area contributed by atoms with E-state index in [-0.39, 0.29) is 33.6 Å². The van der Waals surface area contributed by atoms with Crippen LogP contribution in [0.15, 0.2) is 83.5 Å². The summed E-state index contributed by atoms with van der Waals surface area (Å²) in [5.74, 6) is -1.11. The van der Waals surface area contributed by atoms with Gasteiger partial charge in [-0.05, 0) is 42.0 Å². The first-order valence-corrected chi connectivity index (χ1v) is 9.63. The molecule has 1 heterocycles. The Kier molecular flexibility index (Phi) is 5.78. The van der Waals surface area contributed by atoms with Gasteiger partial charge in [0.05, 0.1) is 21.1 Å². The topological polar surface area (TPSA) is 108 Å². The largest absolute Gasteiger partial charge is 0.423 e. The van der Waals surface area contributed by atoms with Crippen molar-refractivity contribution < 1.29 is 24.0 Å². The number of hydrogen-bond donors (Lipinski definition) is 0. The van der Waals surface area contributed by atoms with Gasteiger partial charge in [0.1, 0.15) is 5.75 Å². The summed E-state index contributed by atoms with van der Waals surface area (Å²) in [6.45, 7) is 0. The van der Waals surface area contributed by atoms with E-state index in [1.54, 1.807) is 54.6 Å². The Labute approximate surface area is 186 Å². The average molecular weight is 449 g/mol. The molecule has 9 heteroatoms. The fraction of sp³-hybridized carbons (Fsp3) is 0. The van der Waals surface area contributed by atoms with Crippen molar-refractivity contribution in [1.29, 1.82) is 0 Å². The fourth-order valence-corrected chi connectivity index (χ4v) is 3.08. The predicted molar refractivity (Wildman–Crippen MR) is 117 cm³/mol. The van der Waals surface area contributed by atoms with Gasteiger partial charge in [-0.25, -0.2) is 14.6 Å². The lowest BCUT2D eigenvalue weighted by Gasteiger charge is -2.05. The second-order valence-electron chi connectivity index (χ2n) is 6.59. The zero-order valence-electron chi connectivity index (χ0n) is 16.2. The minimum atomic E-state index is -0.741. The molecule has 4 rings (SSSR count). The molecule has 0 atom stereocenters. The number of cyclic esters (lactones) is 1. The number of benzene rings is 3. The molecule has 0 radical (unpaired) electrons. The van der Waals surface area contributed by atoms with Crippen LogP contribution < -0.4 is 4.74 Å². The minimum absolute atomic E-state index is 0.0332. The van der Waals surface area contributed by atoms with Gasteiger partial charge in [-0.1, -0.05) is 41.9 Å². The molecule has 3 aromatic rings. The van der Waals surface area contributed by atoms with Gasteiger partial charge in [0.2, 0.25) is 5.90 Å². The molecule has 0 N–H and O–H groups in total. The Morgan fingerprint density at radius 1 is 1.06 bits per heavy atom. The molecule has 0 aromatic heterocycles. The lowest BCUT2D eigenvalue weighted by Crippen LogP contribution is -2.08. The van der Waals surface area contributed by atoms with Crippen molar-refractivity contribution in [3.8, 4) is 5.75 Å². The number of hydrogen-bond acceptors (Lipinski definition) is 7. The fourth-order valence-electron chi connectivity index (χ4n) is 2.88. The van der Waals surface area contributed by atoms with Crippen LogP contribution in [-0.2, 0) is 9.53 Å². The quantitative estimate of drug-likeness (QED) is 0.182. The van der Waals surface area contributed by atoms with Crippen molar-refractivity contribution in [3.63, 3.8) is 0 Å². The van der Waals surface area contributed by atoms with E-state index >= 15 is 0 Å². The van der Waals surface area contributed by atoms with Crippen molar-refractivity contribution in [2.45, 2.75) is 0 Å². The summed E-state index contributed by atoms with van der Waals surface area (Å²) >= 11 is 6.09. The Hall–Kier alpha value is -4.30. The number of halogens is 1. The van der Waals surface area contributed by atoms with Gasteiger partial charge < -0.3 is 9.47 Å². The van der Waals surface area contributed by atoms with Gasteiger partial charge in [-0.2, -0.15) is 0 Å². The summed E-state index contributed by atoms with van der Waals surface area (Å²) in [5, 5.41) is 11.2. The maximum atomic E-state index is 12.3. The molecule has 0 bridgehead atoms. The number of non-ortho nitro benzene ring substituents is 1. The van der Waals surface area contributed by atoms with Crippen molar-refractivity contribution in [1.82, 2.24) is 0 Å². The summed E-state index contributed by atoms with van der Waals surface area (Å²) < 4.78 is 10.5. The summed E-state index contributed by atoms with van der Waals surface area (Å²) in [4.78, 5) is 39.1. The highest BCUT2D eigenvalue weighted by Crippen LogP contribution is 2.27. The number of carbonyl (C=O) groups excluding carboxylic acids is 2. The third-order valence-electron chi connectivity index (χ3n) is 4.39. The van der Waals surface area contributed by atoms with E-state index < -0.39 is 16.9 Å². The number of nitrogens with zero attached hydrogens (tertiary/aromatic N) is 2. The first kappa shape index (κ1) is 21.0. The van der Waals surface area contributed by atoms with Gasteiger partial charge in [-0.15, -0.1) is 0 Å². The number of ether oxygens (including phenoxy) is 2. The highest BCUT2D eigenvalue weighted by atomic mass is 35.5. The van der Waals surface area contributed by atoms with Crippen LogP contribution in [0.25, 0.3) is 6.08 Å². The van der Waals surface area contributed by atoms with Crippen LogP contribution in [-0.4, -0.2) is 22.8 Å². The SMILES string of the molecule is O=C1OC(c2cc([N+](=O)[O-])ccc2Cl)=N/C1=C\c1cccc(OC(=O)c2ccccc2)c1. The van der Waals surface area contributed by atoms with E-state index in [0.717, 1.165) is 0 Å². The average Bonchev–Trinajstić information content (AvgIpc) is 3.14. The molecule has 1 aliphatic heterocycles. The highest BCUT2D eigenvalue weighted by molar-refractivity contribution is 6.34. The van der Waals surface area contributed by atoms with Crippen molar-refractivity contribution in [2.24, 2.45) is 4.99 Å². The van der Waals surface area contributed by atoms with Crippen molar-refractivity contribution >= 4 is 41.2 Å². The van der Waals surface area contributed by atoms with Crippen LogP contribution in [0.3, 0.4) is 0 Å². The molecule has 158 valence electrons. The van der Waals surface area contributed by atoms with E-state index in [4.69, 9.17) is 21.1 Å². The van der Waals surface area contributed by atoms with E-state index in [2.05, 4.69) is 4.99 Å². The first-order chi connectivity index (χ1) is 15.4. The van der Waals surface area contributed by atoms with Gasteiger partial charge >= 0.3 is 11.9 Å². The molecular weight excluding hydrogens is 436 g/mol. The molecule has 0 spiro atoms. The normalized spacial score (nSPS) is 14.1. The van der Waals surface area contributed by atoms with E-state index in [1.165, 1.54) is 24.3 Å². The summed E-state index contributed by atoms with van der Waals surface area (Å²) in [5.41, 5.74) is 0.815. The standard InChI is InChI=1S/C23H13ClN2O6/c24-19-10-9-16(26(29)30)13-18(19)21-25-20(23(28)32-21)12-14-5-4-8-17(11-14)31-22(27)15-6-2-1-3-7-15/h1-13H/b20-12-. The molecule has 32 heavy (non-hydrogen) atoms. The maximum absolute atomic E-state index is 12.3. The van der Waals surface area contributed by atoms with E-state index in [9.17, 15) is 19.7 Å². The van der Waals surface area contributed by atoms with Crippen LogP contribution in [0.4, 0.5) is 5.69 Å². The molecule has 0 unspecified atom stereocenters. The Morgan fingerprint density at radius 2 is 1.84 bits per heavy atom. The lowest BCUT2D eigenvalue weighted by molar-refractivity contribution is -0.384. The number of carbonyl (C=O) groups is 2. The zero-order valence-corrected chi connectivity index (χ0v) is 17.0. The van der Waals surface area contributed by atoms with Crippen molar-refractivity contribution in [3.05, 3.63) is 110 Å². The molecule has 0 saturated carbocycles. The number of esters is 2. The third-order valence-corrected chi connectivity index (χ3v) is 4.72. The van der Waals surface area contributed by atoms with E-state index in [1.807, 2.05) is 0 Å². The number of nitro groups is 1. The van der Waals surface area contributed by atoms with Gasteiger partial charge in [0.15, 0.2) is 5.70 Å². The Bertz CT molecular complexity index is 1300. The van der Waals surface area contributed by atoms with E-state index in [0.29, 0.717) is 11.1 Å². The number of aliphatic imine (C=N–C) groups is 1. The maximum Gasteiger partial charge on any atom is 0.363 e. The third kappa shape index (κ3) is 4.55. The summed E-state index contributed by atoms with van der Waals surface area (Å²) in [6, 6.07) is 18.8. The molecule has 8 nitrogen and oxygen atoms in total. The smallest absolute Gasteiger partial charge is 0.363 e. The lowest BCUT2D eigenvalue weighted by atomic mass is 10.2. The second kappa shape index (κ2) is 8.83. The van der Waals surface area contributed by atoms with Crippen LogP contribution in [0.2, 0.25) is 5.02 Å². The zero-order chi connectivity index (χ0) is 22.7. The van der Waals surface area contributed by atoms with Crippen LogP contribution in [0.1, 0.15) is 21.5 Å². The number of nitro benzene ring substituents is 1. The molecule has 3 aromatic carbocycles. The molecular formula is C23H13ClN2O6. The molecule has 0 saturated heterocycles.